The lowest BCUT2D eigenvalue weighted by molar-refractivity contribution is 0.0872. The van der Waals surface area contributed by atoms with Crippen molar-refractivity contribution in [3.63, 3.8) is 0 Å². The molecule has 0 aromatic carbocycles. The Labute approximate surface area is 138 Å². The van der Waals surface area contributed by atoms with Gasteiger partial charge in [0.2, 0.25) is 0 Å². The fourth-order valence-corrected chi connectivity index (χ4v) is 3.30. The van der Waals surface area contributed by atoms with Crippen LogP contribution in [0, 0.1) is 5.92 Å². The van der Waals surface area contributed by atoms with E-state index in [9.17, 15) is 9.90 Å². The molecular weight excluding hydrogens is 308 g/mol. The van der Waals surface area contributed by atoms with Crippen molar-refractivity contribution in [3.8, 4) is 0 Å². The fraction of sp³-hybridized carbons (Fsp3) is 0.375. The molecule has 3 heterocycles. The minimum Gasteiger partial charge on any atom is -0.391 e. The zero-order valence-electron chi connectivity index (χ0n) is 13.0. The van der Waals surface area contributed by atoms with Crippen molar-refractivity contribution >= 4 is 11.6 Å². The Morgan fingerprint density at radius 2 is 2.25 bits per heavy atom. The summed E-state index contributed by atoms with van der Waals surface area (Å²) in [7, 11) is 0. The van der Waals surface area contributed by atoms with Crippen molar-refractivity contribution in [2.75, 3.05) is 0 Å². The average Bonchev–Trinajstić information content (AvgIpc) is 3.29. The van der Waals surface area contributed by atoms with Gasteiger partial charge in [-0.2, -0.15) is 10.2 Å². The van der Waals surface area contributed by atoms with E-state index >= 15 is 0 Å². The molecule has 1 unspecified atom stereocenters. The second kappa shape index (κ2) is 6.04. The predicted octanol–water partition coefficient (Wildman–Crippen LogP) is 0.495. The second-order valence-electron chi connectivity index (χ2n) is 6.19. The molecule has 1 saturated carbocycles. The molecule has 3 atom stereocenters. The van der Waals surface area contributed by atoms with Gasteiger partial charge in [-0.1, -0.05) is 0 Å². The monoisotopic (exact) mass is 326 g/mol. The molecule has 124 valence electrons. The largest absolute Gasteiger partial charge is 0.391 e. The van der Waals surface area contributed by atoms with Gasteiger partial charge in [-0.25, -0.2) is 9.50 Å². The summed E-state index contributed by atoms with van der Waals surface area (Å²) < 4.78 is 3.42. The molecular formula is C16H18N6O2. The van der Waals surface area contributed by atoms with Gasteiger partial charge in [0, 0.05) is 25.1 Å². The van der Waals surface area contributed by atoms with Crippen molar-refractivity contribution in [3.05, 3.63) is 48.7 Å². The molecule has 0 radical (unpaired) electrons. The molecule has 24 heavy (non-hydrogen) atoms. The smallest absolute Gasteiger partial charge is 0.253 e. The number of amides is 1. The normalized spacial score (nSPS) is 23.6. The van der Waals surface area contributed by atoms with Crippen LogP contribution in [0.3, 0.4) is 0 Å². The van der Waals surface area contributed by atoms with E-state index in [0.717, 1.165) is 13.0 Å². The average molecular weight is 326 g/mol. The maximum absolute atomic E-state index is 12.4. The van der Waals surface area contributed by atoms with Crippen LogP contribution in [0.1, 0.15) is 23.2 Å². The van der Waals surface area contributed by atoms with E-state index in [-0.39, 0.29) is 11.9 Å². The first-order valence-electron chi connectivity index (χ1n) is 7.95. The molecule has 4 rings (SSSR count). The van der Waals surface area contributed by atoms with Crippen LogP contribution in [0.4, 0.5) is 0 Å². The summed E-state index contributed by atoms with van der Waals surface area (Å²) in [6.45, 7) is 0.751. The van der Waals surface area contributed by atoms with Crippen LogP contribution >= 0.6 is 0 Å². The Morgan fingerprint density at radius 1 is 1.33 bits per heavy atom. The summed E-state index contributed by atoms with van der Waals surface area (Å²) in [5.41, 5.74) is 1.18. The Hall–Kier alpha value is -2.74. The minimum absolute atomic E-state index is 0.212. The number of hydrogen-bond donors (Lipinski definition) is 2. The number of nitrogens with one attached hydrogen (secondary N) is 1. The maximum Gasteiger partial charge on any atom is 0.253 e. The standard InChI is InChI=1S/C16H18N6O2/c23-14-7-11(8-21-5-1-4-18-21)6-13(14)20-16(24)12-2-3-15-17-10-19-22(15)9-12/h1-5,9-11,13-14,23H,6-8H2,(H,20,24)/t11?,13-,14-/m1/s1. The second-order valence-corrected chi connectivity index (χ2v) is 6.19. The lowest BCUT2D eigenvalue weighted by atomic mass is 10.1. The van der Waals surface area contributed by atoms with E-state index in [1.807, 2.05) is 16.9 Å². The molecule has 3 aromatic rings. The van der Waals surface area contributed by atoms with E-state index in [1.165, 1.54) is 6.33 Å². The molecule has 8 nitrogen and oxygen atoms in total. The van der Waals surface area contributed by atoms with E-state index in [4.69, 9.17) is 0 Å². The summed E-state index contributed by atoms with van der Waals surface area (Å²) in [5.74, 6) is 0.0826. The summed E-state index contributed by atoms with van der Waals surface area (Å²) in [4.78, 5) is 16.5. The van der Waals surface area contributed by atoms with Crippen LogP contribution in [0.25, 0.3) is 5.65 Å². The molecule has 0 aliphatic heterocycles. The van der Waals surface area contributed by atoms with Crippen LogP contribution in [-0.4, -0.2) is 47.5 Å². The summed E-state index contributed by atoms with van der Waals surface area (Å²) in [6.07, 6.45) is 7.59. The van der Waals surface area contributed by atoms with Gasteiger partial charge in [0.1, 0.15) is 6.33 Å². The number of aliphatic hydroxyl groups excluding tert-OH is 1. The predicted molar refractivity (Wildman–Crippen MR) is 85.2 cm³/mol. The van der Waals surface area contributed by atoms with E-state index in [0.29, 0.717) is 23.5 Å². The SMILES string of the molecule is O=C(N[C@@H]1CC(Cn2cccn2)C[C@H]1O)c1ccc2ncnn2c1. The topological polar surface area (TPSA) is 97.3 Å². The van der Waals surface area contributed by atoms with Crippen LogP contribution in [0.5, 0.6) is 0 Å². The molecule has 1 fully saturated rings. The summed E-state index contributed by atoms with van der Waals surface area (Å²) in [5, 5.41) is 21.4. The summed E-state index contributed by atoms with van der Waals surface area (Å²) in [6, 6.07) is 5.09. The number of nitrogens with zero attached hydrogens (tertiary/aromatic N) is 5. The van der Waals surface area contributed by atoms with Gasteiger partial charge < -0.3 is 10.4 Å². The van der Waals surface area contributed by atoms with E-state index < -0.39 is 6.10 Å². The molecule has 8 heteroatoms. The number of aliphatic hydroxyl groups is 1. The highest BCUT2D eigenvalue weighted by Gasteiger charge is 2.34. The minimum atomic E-state index is -0.537. The molecule has 2 N–H and O–H groups in total. The fourth-order valence-electron chi connectivity index (χ4n) is 3.30. The molecule has 3 aromatic heterocycles. The van der Waals surface area contributed by atoms with Gasteiger partial charge in [-0.15, -0.1) is 0 Å². The van der Waals surface area contributed by atoms with Gasteiger partial charge in [-0.3, -0.25) is 9.48 Å². The number of carbonyl (C=O) groups is 1. The van der Waals surface area contributed by atoms with Gasteiger partial charge in [-0.05, 0) is 37.0 Å². The maximum atomic E-state index is 12.4. The Bertz CT molecular complexity index is 843. The van der Waals surface area contributed by atoms with E-state index in [1.54, 1.807) is 29.0 Å². The first-order valence-corrected chi connectivity index (χ1v) is 7.95. The highest BCUT2D eigenvalue weighted by molar-refractivity contribution is 5.94. The zero-order chi connectivity index (χ0) is 16.5. The molecule has 0 saturated heterocycles. The third-order valence-electron chi connectivity index (χ3n) is 4.48. The number of carbonyl (C=O) groups excluding carboxylic acids is 1. The number of rotatable bonds is 4. The van der Waals surface area contributed by atoms with Gasteiger partial charge >= 0.3 is 0 Å². The number of fused-ring (bicyclic) bond motifs is 1. The van der Waals surface area contributed by atoms with Gasteiger partial charge in [0.25, 0.3) is 5.91 Å². The number of hydrogen-bond acceptors (Lipinski definition) is 5. The third kappa shape index (κ3) is 2.88. The van der Waals surface area contributed by atoms with Gasteiger partial charge in [0.15, 0.2) is 5.65 Å². The first kappa shape index (κ1) is 14.8. The van der Waals surface area contributed by atoms with Gasteiger partial charge in [0.05, 0.1) is 17.7 Å². The quantitative estimate of drug-likeness (QED) is 0.727. The zero-order valence-corrected chi connectivity index (χ0v) is 13.0. The van der Waals surface area contributed by atoms with Crippen molar-refractivity contribution in [1.82, 2.24) is 29.7 Å². The highest BCUT2D eigenvalue weighted by atomic mass is 16.3. The van der Waals surface area contributed by atoms with Crippen molar-refractivity contribution in [1.29, 1.82) is 0 Å². The van der Waals surface area contributed by atoms with Crippen LogP contribution in [0.15, 0.2) is 43.1 Å². The van der Waals surface area contributed by atoms with Crippen LogP contribution in [0.2, 0.25) is 0 Å². The van der Waals surface area contributed by atoms with Crippen LogP contribution < -0.4 is 5.32 Å². The summed E-state index contributed by atoms with van der Waals surface area (Å²) >= 11 is 0. The Kier molecular flexibility index (Phi) is 3.73. The molecule has 1 aliphatic rings. The van der Waals surface area contributed by atoms with E-state index in [2.05, 4.69) is 20.5 Å². The lowest BCUT2D eigenvalue weighted by Crippen LogP contribution is -2.40. The van der Waals surface area contributed by atoms with Crippen molar-refractivity contribution < 1.29 is 9.90 Å². The Balaban J connectivity index is 1.41. The number of aromatic nitrogens is 5. The molecule has 1 aliphatic carbocycles. The van der Waals surface area contributed by atoms with Crippen molar-refractivity contribution in [2.45, 2.75) is 31.5 Å². The number of pyridine rings is 1. The molecule has 1 amide bonds. The first-order chi connectivity index (χ1) is 11.7. The molecule has 0 spiro atoms. The van der Waals surface area contributed by atoms with Crippen molar-refractivity contribution in [2.24, 2.45) is 5.92 Å². The van der Waals surface area contributed by atoms with Crippen LogP contribution in [-0.2, 0) is 6.54 Å². The highest BCUT2D eigenvalue weighted by Crippen LogP contribution is 2.27. The lowest BCUT2D eigenvalue weighted by Gasteiger charge is -2.16. The molecule has 0 bridgehead atoms. The third-order valence-corrected chi connectivity index (χ3v) is 4.48. The Morgan fingerprint density at radius 3 is 3.08 bits per heavy atom.